The van der Waals surface area contributed by atoms with Crippen molar-refractivity contribution in [3.8, 4) is 11.6 Å². The van der Waals surface area contributed by atoms with Crippen LogP contribution in [0.15, 0.2) is 18.5 Å². The van der Waals surface area contributed by atoms with Crippen LogP contribution < -0.4 is 15.4 Å². The van der Waals surface area contributed by atoms with Gasteiger partial charge in [-0.1, -0.05) is 11.6 Å². The third kappa shape index (κ3) is 6.16. The number of halogens is 3. The summed E-state index contributed by atoms with van der Waals surface area (Å²) in [7, 11) is 0. The molecule has 2 N–H and O–H groups in total. The van der Waals surface area contributed by atoms with Crippen molar-refractivity contribution in [3.05, 3.63) is 35.1 Å². The van der Waals surface area contributed by atoms with Crippen LogP contribution in [0.1, 0.15) is 41.5 Å². The van der Waals surface area contributed by atoms with Gasteiger partial charge in [0, 0.05) is 0 Å². The van der Waals surface area contributed by atoms with Gasteiger partial charge < -0.3 is 19.9 Å². The van der Waals surface area contributed by atoms with E-state index < -0.39 is 63.2 Å². The number of carbonyl (C=O) groups is 2. The Labute approximate surface area is 188 Å². The second-order valence-corrected chi connectivity index (χ2v) is 8.87. The minimum Gasteiger partial charge on any atom is -0.443 e. The Bertz CT molecular complexity index is 1010. The summed E-state index contributed by atoms with van der Waals surface area (Å²) in [6, 6.07) is 2.14. The summed E-state index contributed by atoms with van der Waals surface area (Å²) in [5, 5.41) is -0.458. The molecule has 0 aliphatic rings. The van der Waals surface area contributed by atoms with Gasteiger partial charge in [-0.25, -0.2) is 19.0 Å². The molecule has 2 aromatic rings. The molecule has 0 radical (unpaired) electrons. The molecule has 2 rings (SSSR count). The zero-order chi connectivity index (χ0) is 24.4. The van der Waals surface area contributed by atoms with Crippen molar-refractivity contribution in [1.29, 1.82) is 0 Å². The fraction of sp³-hybridized carbons (Fsp3) is 0.400. The van der Waals surface area contributed by atoms with E-state index in [-0.39, 0.29) is 0 Å². The number of nitrogens with two attached hydrogens (primary N) is 1. The van der Waals surface area contributed by atoms with Gasteiger partial charge in [0.25, 0.3) is 0 Å². The fourth-order valence-corrected chi connectivity index (χ4v) is 2.38. The number of aromatic nitrogens is 2. The number of hydrogen-bond acceptors (Lipinski definition) is 8. The first-order valence-electron chi connectivity index (χ1n) is 9.28. The van der Waals surface area contributed by atoms with Crippen molar-refractivity contribution in [2.24, 2.45) is 0 Å². The van der Waals surface area contributed by atoms with E-state index in [2.05, 4.69) is 9.97 Å². The number of carbonyl (C=O) groups excluding carboxylic acids is 2. The highest BCUT2D eigenvalue weighted by Crippen LogP contribution is 2.36. The van der Waals surface area contributed by atoms with E-state index in [0.29, 0.717) is 4.90 Å². The van der Waals surface area contributed by atoms with E-state index >= 15 is 0 Å². The van der Waals surface area contributed by atoms with Crippen molar-refractivity contribution in [3.63, 3.8) is 0 Å². The monoisotopic (exact) mass is 472 g/mol. The predicted molar refractivity (Wildman–Crippen MR) is 113 cm³/mol. The van der Waals surface area contributed by atoms with Gasteiger partial charge in [-0.05, 0) is 53.7 Å². The Morgan fingerprint density at radius 3 is 2.00 bits per heavy atom. The second kappa shape index (κ2) is 9.11. The summed E-state index contributed by atoms with van der Waals surface area (Å²) in [5.41, 5.74) is 2.94. The molecule has 0 aliphatic carbocycles. The Balaban J connectivity index is 2.52. The van der Waals surface area contributed by atoms with Crippen LogP contribution in [0.4, 0.5) is 29.9 Å². The highest BCUT2D eigenvalue weighted by atomic mass is 35.5. The van der Waals surface area contributed by atoms with E-state index in [1.54, 1.807) is 41.5 Å². The summed E-state index contributed by atoms with van der Waals surface area (Å²) < 4.78 is 43.6. The average molecular weight is 473 g/mol. The van der Waals surface area contributed by atoms with Gasteiger partial charge in [-0.2, -0.15) is 14.3 Å². The number of amides is 2. The number of nitrogen functional groups attached to an aromatic ring is 1. The van der Waals surface area contributed by atoms with Crippen molar-refractivity contribution in [1.82, 2.24) is 9.97 Å². The predicted octanol–water partition coefficient (Wildman–Crippen LogP) is 5.46. The van der Waals surface area contributed by atoms with Crippen LogP contribution in [-0.2, 0) is 9.47 Å². The number of ether oxygens (including phenoxy) is 3. The van der Waals surface area contributed by atoms with Crippen LogP contribution >= 0.6 is 11.6 Å². The number of benzene rings is 1. The lowest BCUT2D eigenvalue weighted by atomic mass is 10.2. The lowest BCUT2D eigenvalue weighted by molar-refractivity contribution is 0.0429. The molecule has 0 unspecified atom stereocenters. The molecular weight excluding hydrogens is 450 g/mol. The summed E-state index contributed by atoms with van der Waals surface area (Å²) in [4.78, 5) is 33.6. The second-order valence-electron chi connectivity index (χ2n) is 8.50. The SMILES string of the molecule is CC(C)(C)OC(=O)N(C(=O)OC(C)(C)C)c1ncnc(Oc2ccc(N)c(F)c2F)c1Cl. The highest BCUT2D eigenvalue weighted by Gasteiger charge is 2.36. The average Bonchev–Trinajstić information content (AvgIpc) is 2.62. The van der Waals surface area contributed by atoms with E-state index in [1.165, 1.54) is 0 Å². The maximum Gasteiger partial charge on any atom is 0.425 e. The molecule has 2 amide bonds. The molecule has 32 heavy (non-hydrogen) atoms. The first-order valence-corrected chi connectivity index (χ1v) is 9.66. The third-order valence-electron chi connectivity index (χ3n) is 3.39. The third-order valence-corrected chi connectivity index (χ3v) is 3.72. The van der Waals surface area contributed by atoms with Gasteiger partial charge in [0.1, 0.15) is 22.6 Å². The first-order chi connectivity index (χ1) is 14.6. The number of nitrogens with zero attached hydrogens (tertiary/aromatic N) is 3. The Morgan fingerprint density at radius 2 is 1.50 bits per heavy atom. The molecule has 0 saturated carbocycles. The summed E-state index contributed by atoms with van der Waals surface area (Å²) in [5.74, 6) is -4.19. The lowest BCUT2D eigenvalue weighted by Crippen LogP contribution is -2.44. The molecule has 9 nitrogen and oxygen atoms in total. The number of hydrogen-bond donors (Lipinski definition) is 1. The normalized spacial score (nSPS) is 11.7. The molecule has 1 heterocycles. The van der Waals surface area contributed by atoms with Crippen LogP contribution in [0.2, 0.25) is 5.02 Å². The first kappa shape index (κ1) is 25.1. The summed E-state index contributed by atoms with van der Waals surface area (Å²) in [6.07, 6.45) is -1.37. The Morgan fingerprint density at radius 1 is 0.969 bits per heavy atom. The van der Waals surface area contributed by atoms with E-state index in [1.807, 2.05) is 0 Å². The van der Waals surface area contributed by atoms with E-state index in [9.17, 15) is 18.4 Å². The van der Waals surface area contributed by atoms with Gasteiger partial charge >= 0.3 is 12.2 Å². The van der Waals surface area contributed by atoms with Crippen LogP contribution in [0.5, 0.6) is 11.6 Å². The molecule has 0 atom stereocenters. The van der Waals surface area contributed by atoms with Gasteiger partial charge in [-0.3, -0.25) is 0 Å². The Kier molecular flexibility index (Phi) is 7.13. The molecule has 0 fully saturated rings. The number of imide groups is 1. The van der Waals surface area contributed by atoms with Gasteiger partial charge in [0.05, 0.1) is 5.69 Å². The zero-order valence-corrected chi connectivity index (χ0v) is 19.1. The molecule has 0 spiro atoms. The minimum atomic E-state index is -1.38. The molecule has 174 valence electrons. The Hall–Kier alpha value is -3.21. The number of anilines is 2. The highest BCUT2D eigenvalue weighted by molar-refractivity contribution is 6.35. The van der Waals surface area contributed by atoms with Crippen molar-refractivity contribution < 1.29 is 32.6 Å². The molecule has 0 saturated heterocycles. The zero-order valence-electron chi connectivity index (χ0n) is 18.3. The van der Waals surface area contributed by atoms with Crippen LogP contribution in [0.3, 0.4) is 0 Å². The van der Waals surface area contributed by atoms with E-state index in [4.69, 9.17) is 31.5 Å². The summed E-state index contributed by atoms with van der Waals surface area (Å²) in [6.45, 7) is 9.54. The van der Waals surface area contributed by atoms with Crippen LogP contribution in [-0.4, -0.2) is 33.4 Å². The van der Waals surface area contributed by atoms with Gasteiger partial charge in [0.2, 0.25) is 11.7 Å². The molecule has 1 aromatic carbocycles. The molecular formula is C20H23ClF2N4O5. The van der Waals surface area contributed by atoms with E-state index in [0.717, 1.165) is 18.5 Å². The smallest absolute Gasteiger partial charge is 0.425 e. The molecule has 12 heteroatoms. The molecule has 1 aromatic heterocycles. The molecule has 0 aliphatic heterocycles. The van der Waals surface area contributed by atoms with Crippen LogP contribution in [0.25, 0.3) is 0 Å². The molecule has 0 bridgehead atoms. The van der Waals surface area contributed by atoms with Crippen molar-refractivity contribution >= 4 is 35.3 Å². The van der Waals surface area contributed by atoms with Gasteiger partial charge in [-0.15, -0.1) is 0 Å². The standard InChI is InChI=1S/C20H23ClF2N4O5/c1-19(2,3)31-17(28)27(18(29)32-20(4,5)6)15-12(21)16(26-9-25-15)30-11-8-7-10(24)13(22)14(11)23/h7-9H,24H2,1-6H3. The largest absolute Gasteiger partial charge is 0.443 e. The fourth-order valence-electron chi connectivity index (χ4n) is 2.16. The van der Waals surface area contributed by atoms with Gasteiger partial charge in [0.15, 0.2) is 17.4 Å². The lowest BCUT2D eigenvalue weighted by Gasteiger charge is -2.28. The van der Waals surface area contributed by atoms with Crippen LogP contribution in [0, 0.1) is 11.6 Å². The maximum absolute atomic E-state index is 14.1. The number of rotatable bonds is 3. The van der Waals surface area contributed by atoms with Crippen molar-refractivity contribution in [2.75, 3.05) is 10.6 Å². The van der Waals surface area contributed by atoms with Crippen molar-refractivity contribution in [2.45, 2.75) is 52.7 Å². The minimum absolute atomic E-state index is 0.426. The summed E-state index contributed by atoms with van der Waals surface area (Å²) >= 11 is 6.26. The maximum atomic E-state index is 14.1. The quantitative estimate of drug-likeness (QED) is 0.585. The topological polar surface area (TPSA) is 117 Å².